The molecule has 1 aliphatic heterocycles. The van der Waals surface area contributed by atoms with Crippen LogP contribution in [0.5, 0.6) is 0 Å². The number of amides is 1. The van der Waals surface area contributed by atoms with Gasteiger partial charge in [0.05, 0.1) is 23.3 Å². The van der Waals surface area contributed by atoms with Crippen LogP contribution in [-0.4, -0.2) is 26.1 Å². The standard InChI is InChI=1S/C19H28N6O/c1-17(2,3)12-18(4,5)25-16(22-23-24-25)19(6)11-15(26)20-13-9-7-8-10-14(13)21-19/h7-10,21H,11-12H2,1-6H3,(H,20,26). The highest BCUT2D eigenvalue weighted by Gasteiger charge is 2.41. The highest BCUT2D eigenvalue weighted by Crippen LogP contribution is 2.38. The van der Waals surface area contributed by atoms with Gasteiger partial charge in [0, 0.05) is 0 Å². The minimum atomic E-state index is -0.713. The number of benzene rings is 1. The molecule has 0 bridgehead atoms. The van der Waals surface area contributed by atoms with Gasteiger partial charge in [-0.05, 0) is 55.2 Å². The van der Waals surface area contributed by atoms with Crippen LogP contribution < -0.4 is 10.6 Å². The summed E-state index contributed by atoms with van der Waals surface area (Å²) in [5.41, 5.74) is 0.756. The van der Waals surface area contributed by atoms with E-state index >= 15 is 0 Å². The van der Waals surface area contributed by atoms with Gasteiger partial charge < -0.3 is 10.6 Å². The topological polar surface area (TPSA) is 84.7 Å². The maximum absolute atomic E-state index is 12.5. The molecule has 1 aromatic heterocycles. The van der Waals surface area contributed by atoms with E-state index in [0.29, 0.717) is 5.82 Å². The zero-order valence-corrected chi connectivity index (χ0v) is 16.4. The number of hydrogen-bond donors (Lipinski definition) is 2. The largest absolute Gasteiger partial charge is 0.371 e. The number of nitrogens with zero attached hydrogens (tertiary/aromatic N) is 4. The lowest BCUT2D eigenvalue weighted by molar-refractivity contribution is -0.117. The van der Waals surface area contributed by atoms with Crippen LogP contribution in [-0.2, 0) is 15.9 Å². The van der Waals surface area contributed by atoms with Gasteiger partial charge >= 0.3 is 0 Å². The first-order valence-corrected chi connectivity index (χ1v) is 8.97. The third-order valence-electron chi connectivity index (χ3n) is 4.63. The lowest BCUT2D eigenvalue weighted by Gasteiger charge is -2.36. The summed E-state index contributed by atoms with van der Waals surface area (Å²) < 4.78 is 1.87. The Morgan fingerprint density at radius 2 is 1.81 bits per heavy atom. The number of nitrogens with one attached hydrogen (secondary N) is 2. The smallest absolute Gasteiger partial charge is 0.227 e. The summed E-state index contributed by atoms with van der Waals surface area (Å²) in [5, 5.41) is 19.0. The van der Waals surface area contributed by atoms with Crippen molar-refractivity contribution in [2.75, 3.05) is 10.6 Å². The summed E-state index contributed by atoms with van der Waals surface area (Å²) in [6.45, 7) is 12.8. The summed E-state index contributed by atoms with van der Waals surface area (Å²) in [7, 11) is 0. The molecule has 0 radical (unpaired) electrons. The van der Waals surface area contributed by atoms with Crippen molar-refractivity contribution < 1.29 is 4.79 Å². The van der Waals surface area contributed by atoms with Gasteiger partial charge in [-0.2, -0.15) is 0 Å². The van der Waals surface area contributed by atoms with Gasteiger partial charge in [0.15, 0.2) is 5.82 Å². The van der Waals surface area contributed by atoms with Gasteiger partial charge in [-0.25, -0.2) is 4.68 Å². The molecule has 2 heterocycles. The Kier molecular flexibility index (Phi) is 4.29. The van der Waals surface area contributed by atoms with Crippen molar-refractivity contribution in [3.05, 3.63) is 30.1 Å². The molecule has 0 saturated heterocycles. The molecule has 1 amide bonds. The number of aromatic nitrogens is 4. The zero-order chi connectivity index (χ0) is 19.2. The summed E-state index contributed by atoms with van der Waals surface area (Å²) >= 11 is 0. The minimum Gasteiger partial charge on any atom is -0.371 e. The Bertz CT molecular complexity index is 819. The van der Waals surface area contributed by atoms with Crippen LogP contribution in [0, 0.1) is 5.41 Å². The van der Waals surface area contributed by atoms with Gasteiger partial charge in [-0.15, -0.1) is 5.10 Å². The fraction of sp³-hybridized carbons (Fsp3) is 0.579. The first-order chi connectivity index (χ1) is 12.0. The fourth-order valence-electron chi connectivity index (χ4n) is 4.00. The van der Waals surface area contributed by atoms with Crippen molar-refractivity contribution in [3.8, 4) is 0 Å². The van der Waals surface area contributed by atoms with Crippen LogP contribution in [0.25, 0.3) is 0 Å². The number of para-hydroxylation sites is 2. The Morgan fingerprint density at radius 1 is 1.15 bits per heavy atom. The van der Waals surface area contributed by atoms with Crippen molar-refractivity contribution in [1.29, 1.82) is 0 Å². The van der Waals surface area contributed by atoms with E-state index in [0.717, 1.165) is 17.8 Å². The van der Waals surface area contributed by atoms with Gasteiger partial charge in [0.2, 0.25) is 5.91 Å². The van der Waals surface area contributed by atoms with Crippen molar-refractivity contribution in [1.82, 2.24) is 20.2 Å². The Balaban J connectivity index is 2.04. The Labute approximate surface area is 154 Å². The highest BCUT2D eigenvalue weighted by molar-refractivity contribution is 5.96. The van der Waals surface area contributed by atoms with Crippen molar-refractivity contribution in [2.24, 2.45) is 5.41 Å². The van der Waals surface area contributed by atoms with Crippen LogP contribution in [0.3, 0.4) is 0 Å². The maximum atomic E-state index is 12.5. The number of hydrogen-bond acceptors (Lipinski definition) is 5. The number of anilines is 2. The molecular weight excluding hydrogens is 328 g/mol. The molecule has 0 spiro atoms. The summed E-state index contributed by atoms with van der Waals surface area (Å²) in [6, 6.07) is 7.68. The minimum absolute atomic E-state index is 0.0619. The van der Waals surface area contributed by atoms with Crippen LogP contribution >= 0.6 is 0 Å². The monoisotopic (exact) mass is 356 g/mol. The molecule has 1 atom stereocenters. The Morgan fingerprint density at radius 3 is 2.46 bits per heavy atom. The molecule has 26 heavy (non-hydrogen) atoms. The SMILES string of the molecule is CC(C)(C)CC(C)(C)n1nnnc1C1(C)CC(=O)Nc2ccccc2N1. The summed E-state index contributed by atoms with van der Waals surface area (Å²) in [4.78, 5) is 12.5. The second-order valence-electron chi connectivity index (χ2n) is 9.19. The van der Waals surface area contributed by atoms with Gasteiger partial charge in [-0.3, -0.25) is 4.79 Å². The zero-order valence-electron chi connectivity index (χ0n) is 16.4. The summed E-state index contributed by atoms with van der Waals surface area (Å²) in [5.74, 6) is 0.603. The summed E-state index contributed by atoms with van der Waals surface area (Å²) in [6.07, 6.45) is 1.14. The van der Waals surface area contributed by atoms with E-state index in [1.54, 1.807) is 0 Å². The molecule has 2 aromatic rings. The van der Waals surface area contributed by atoms with Crippen LogP contribution in [0.4, 0.5) is 11.4 Å². The average Bonchev–Trinajstić information content (AvgIpc) is 2.93. The van der Waals surface area contributed by atoms with E-state index in [2.05, 4.69) is 60.8 Å². The predicted octanol–water partition coefficient (Wildman–Crippen LogP) is 3.51. The van der Waals surface area contributed by atoms with Gasteiger partial charge in [0.25, 0.3) is 0 Å². The molecule has 0 saturated carbocycles. The second kappa shape index (κ2) is 6.07. The molecule has 0 fully saturated rings. The van der Waals surface area contributed by atoms with E-state index in [9.17, 15) is 4.79 Å². The number of tetrazole rings is 1. The number of carbonyl (C=O) groups is 1. The van der Waals surface area contributed by atoms with Crippen molar-refractivity contribution in [3.63, 3.8) is 0 Å². The molecule has 2 N–H and O–H groups in total. The van der Waals surface area contributed by atoms with E-state index in [1.165, 1.54) is 0 Å². The molecule has 7 heteroatoms. The van der Waals surface area contributed by atoms with Crippen molar-refractivity contribution in [2.45, 2.75) is 65.5 Å². The number of fused-ring (bicyclic) bond motifs is 1. The third kappa shape index (κ3) is 3.57. The number of rotatable bonds is 3. The fourth-order valence-corrected chi connectivity index (χ4v) is 4.00. The lowest BCUT2D eigenvalue weighted by atomic mass is 9.81. The normalized spacial score (nSPS) is 20.8. The highest BCUT2D eigenvalue weighted by atomic mass is 16.1. The predicted molar refractivity (Wildman–Crippen MR) is 102 cm³/mol. The molecule has 1 aliphatic rings. The maximum Gasteiger partial charge on any atom is 0.227 e. The lowest BCUT2D eigenvalue weighted by Crippen LogP contribution is -2.42. The van der Waals surface area contributed by atoms with Crippen LogP contribution in [0.15, 0.2) is 24.3 Å². The quantitative estimate of drug-likeness (QED) is 0.879. The second-order valence-corrected chi connectivity index (χ2v) is 9.19. The first kappa shape index (κ1) is 18.4. The molecule has 7 nitrogen and oxygen atoms in total. The van der Waals surface area contributed by atoms with E-state index in [-0.39, 0.29) is 23.3 Å². The average molecular weight is 356 g/mol. The van der Waals surface area contributed by atoms with Gasteiger partial charge in [-0.1, -0.05) is 32.9 Å². The van der Waals surface area contributed by atoms with E-state index < -0.39 is 5.54 Å². The molecule has 1 aromatic carbocycles. The first-order valence-electron chi connectivity index (χ1n) is 8.97. The van der Waals surface area contributed by atoms with E-state index in [1.807, 2.05) is 35.9 Å². The third-order valence-corrected chi connectivity index (χ3v) is 4.63. The molecule has 0 aliphatic carbocycles. The Hall–Kier alpha value is -2.44. The van der Waals surface area contributed by atoms with Crippen LogP contribution in [0.2, 0.25) is 0 Å². The molecule has 1 unspecified atom stereocenters. The number of carbonyl (C=O) groups excluding carboxylic acids is 1. The van der Waals surface area contributed by atoms with E-state index in [4.69, 9.17) is 0 Å². The van der Waals surface area contributed by atoms with Crippen LogP contribution in [0.1, 0.15) is 60.2 Å². The molecule has 140 valence electrons. The van der Waals surface area contributed by atoms with Gasteiger partial charge in [0.1, 0.15) is 5.54 Å². The van der Waals surface area contributed by atoms with Crippen molar-refractivity contribution >= 4 is 17.3 Å². The molecular formula is C19H28N6O. The molecule has 3 rings (SSSR count).